The second-order valence-corrected chi connectivity index (χ2v) is 5.72. The summed E-state index contributed by atoms with van der Waals surface area (Å²) in [5.41, 5.74) is 2.65. The molecule has 0 radical (unpaired) electrons. The van der Waals surface area contributed by atoms with Gasteiger partial charge in [0, 0.05) is 11.1 Å². The molecular weight excluding hydrogens is 335 g/mol. The molecular formula is C22H16F3N. The summed E-state index contributed by atoms with van der Waals surface area (Å²) in [5, 5.41) is 0. The van der Waals surface area contributed by atoms with Crippen LogP contribution in [0.3, 0.4) is 0 Å². The summed E-state index contributed by atoms with van der Waals surface area (Å²) in [6, 6.07) is 23.7. The molecule has 1 nitrogen and oxygen atoms in total. The van der Waals surface area contributed by atoms with Crippen molar-refractivity contribution in [2.75, 3.05) is 0 Å². The molecule has 0 fully saturated rings. The highest BCUT2D eigenvalue weighted by atomic mass is 19.4. The molecule has 0 bridgehead atoms. The molecule has 4 heteroatoms. The van der Waals surface area contributed by atoms with Crippen LogP contribution in [-0.2, 0) is 6.18 Å². The Morgan fingerprint density at radius 2 is 1.23 bits per heavy atom. The summed E-state index contributed by atoms with van der Waals surface area (Å²) in [7, 11) is 0. The van der Waals surface area contributed by atoms with Gasteiger partial charge in [0.25, 0.3) is 0 Å². The molecule has 0 spiro atoms. The van der Waals surface area contributed by atoms with E-state index >= 15 is 0 Å². The maximum atomic E-state index is 12.8. The Labute approximate surface area is 150 Å². The topological polar surface area (TPSA) is 12.4 Å². The van der Waals surface area contributed by atoms with Gasteiger partial charge in [0.2, 0.25) is 0 Å². The number of halogens is 3. The molecule has 0 aromatic heterocycles. The summed E-state index contributed by atoms with van der Waals surface area (Å²) in [4.78, 5) is 4.63. The van der Waals surface area contributed by atoms with Crippen LogP contribution < -0.4 is 0 Å². The number of alkyl halides is 3. The molecule has 3 aromatic rings. The molecule has 130 valence electrons. The molecule has 3 aromatic carbocycles. The van der Waals surface area contributed by atoms with Gasteiger partial charge < -0.3 is 0 Å². The monoisotopic (exact) mass is 351 g/mol. The third-order valence-electron chi connectivity index (χ3n) is 3.89. The number of hydrogen-bond acceptors (Lipinski definition) is 1. The Kier molecular flexibility index (Phi) is 5.03. The van der Waals surface area contributed by atoms with Crippen molar-refractivity contribution in [1.29, 1.82) is 0 Å². The predicted molar refractivity (Wildman–Crippen MR) is 99.6 cm³/mol. The average molecular weight is 351 g/mol. The van der Waals surface area contributed by atoms with Gasteiger partial charge >= 0.3 is 6.18 Å². The smallest absolute Gasteiger partial charge is 0.248 e. The molecule has 0 aliphatic heterocycles. The Morgan fingerprint density at radius 3 is 1.77 bits per heavy atom. The first-order chi connectivity index (χ1) is 12.4. The molecule has 0 heterocycles. The van der Waals surface area contributed by atoms with Crippen molar-refractivity contribution in [3.8, 4) is 0 Å². The van der Waals surface area contributed by atoms with Crippen molar-refractivity contribution in [3.63, 3.8) is 0 Å². The Hall–Kier alpha value is -3.14. The highest BCUT2D eigenvalue weighted by Gasteiger charge is 2.30. The van der Waals surface area contributed by atoms with E-state index in [0.717, 1.165) is 17.7 Å². The van der Waals surface area contributed by atoms with Crippen LogP contribution in [0, 0.1) is 0 Å². The van der Waals surface area contributed by atoms with Crippen molar-refractivity contribution < 1.29 is 13.2 Å². The fourth-order valence-electron chi connectivity index (χ4n) is 2.53. The molecule has 0 atom stereocenters. The van der Waals surface area contributed by atoms with Crippen LogP contribution in [0.5, 0.6) is 0 Å². The van der Waals surface area contributed by atoms with Gasteiger partial charge in [-0.1, -0.05) is 67.2 Å². The molecule has 0 aliphatic carbocycles. The number of nitrogens with zero attached hydrogens (tertiary/aromatic N) is 1. The fraction of sp³-hybridized carbons (Fsp3) is 0.0455. The van der Waals surface area contributed by atoms with Crippen LogP contribution in [0.15, 0.2) is 96.5 Å². The van der Waals surface area contributed by atoms with E-state index in [1.807, 2.05) is 60.7 Å². The van der Waals surface area contributed by atoms with Gasteiger partial charge in [-0.25, -0.2) is 4.99 Å². The van der Waals surface area contributed by atoms with E-state index < -0.39 is 11.7 Å². The maximum Gasteiger partial charge on any atom is 0.416 e. The summed E-state index contributed by atoms with van der Waals surface area (Å²) in [6.07, 6.45) is -4.37. The number of hydrogen-bond donors (Lipinski definition) is 0. The zero-order valence-corrected chi connectivity index (χ0v) is 13.9. The number of benzene rings is 3. The van der Waals surface area contributed by atoms with Gasteiger partial charge in [-0.05, 0) is 29.8 Å². The summed E-state index contributed by atoms with van der Waals surface area (Å²) in [5.74, 6) is 0. The van der Waals surface area contributed by atoms with E-state index in [0.29, 0.717) is 22.5 Å². The zero-order chi connectivity index (χ0) is 18.6. The van der Waals surface area contributed by atoms with Crippen molar-refractivity contribution in [2.24, 2.45) is 4.99 Å². The largest absolute Gasteiger partial charge is 0.416 e. The predicted octanol–water partition coefficient (Wildman–Crippen LogP) is 6.54. The highest BCUT2D eigenvalue weighted by Crippen LogP contribution is 2.30. The lowest BCUT2D eigenvalue weighted by molar-refractivity contribution is -0.137. The summed E-state index contributed by atoms with van der Waals surface area (Å²) >= 11 is 0. The number of rotatable bonds is 4. The maximum absolute atomic E-state index is 12.8. The van der Waals surface area contributed by atoms with Crippen molar-refractivity contribution in [3.05, 3.63) is 108 Å². The normalized spacial score (nSPS) is 12.0. The number of para-hydroxylation sites is 1. The minimum atomic E-state index is -4.37. The second kappa shape index (κ2) is 7.40. The van der Waals surface area contributed by atoms with Gasteiger partial charge in [0.1, 0.15) is 0 Å². The summed E-state index contributed by atoms with van der Waals surface area (Å²) in [6.45, 7) is 4.12. The van der Waals surface area contributed by atoms with Gasteiger partial charge in [0.05, 0.1) is 17.0 Å². The van der Waals surface area contributed by atoms with E-state index in [1.165, 1.54) is 12.1 Å². The lowest BCUT2D eigenvalue weighted by Crippen LogP contribution is -2.07. The van der Waals surface area contributed by atoms with Crippen LogP contribution in [-0.4, -0.2) is 5.71 Å². The standard InChI is InChI=1S/C22H16F3N/c1-16(17-8-4-2-5-9-17)21(26-20-10-6-3-7-11-20)18-12-14-19(15-13-18)22(23,24)25/h2-15H,1H2. The average Bonchev–Trinajstić information content (AvgIpc) is 2.66. The first-order valence-electron chi connectivity index (χ1n) is 8.01. The van der Waals surface area contributed by atoms with Gasteiger partial charge in [-0.3, -0.25) is 0 Å². The molecule has 0 unspecified atom stereocenters. The summed E-state index contributed by atoms with van der Waals surface area (Å²) < 4.78 is 38.5. The van der Waals surface area contributed by atoms with Gasteiger partial charge in [0.15, 0.2) is 0 Å². The van der Waals surface area contributed by atoms with E-state index in [2.05, 4.69) is 11.6 Å². The molecule has 0 N–H and O–H groups in total. The lowest BCUT2D eigenvalue weighted by atomic mass is 9.96. The molecule has 0 saturated heterocycles. The first kappa shape index (κ1) is 17.7. The number of allylic oxidation sites excluding steroid dienone is 1. The lowest BCUT2D eigenvalue weighted by Gasteiger charge is -2.13. The molecule has 0 amide bonds. The second-order valence-electron chi connectivity index (χ2n) is 5.72. The van der Waals surface area contributed by atoms with Crippen molar-refractivity contribution in [1.82, 2.24) is 0 Å². The van der Waals surface area contributed by atoms with Crippen LogP contribution in [0.1, 0.15) is 16.7 Å². The SMILES string of the molecule is C=C(C(=Nc1ccccc1)c1ccc(C(F)(F)F)cc1)c1ccccc1. The van der Waals surface area contributed by atoms with Crippen LogP contribution in [0.25, 0.3) is 5.57 Å². The molecule has 3 rings (SSSR count). The first-order valence-corrected chi connectivity index (χ1v) is 8.01. The molecule has 26 heavy (non-hydrogen) atoms. The van der Waals surface area contributed by atoms with E-state index in [4.69, 9.17) is 0 Å². The fourth-order valence-corrected chi connectivity index (χ4v) is 2.53. The Morgan fingerprint density at radius 1 is 0.692 bits per heavy atom. The quantitative estimate of drug-likeness (QED) is 0.473. The van der Waals surface area contributed by atoms with Gasteiger partial charge in [-0.2, -0.15) is 13.2 Å². The minimum absolute atomic E-state index is 0.538. The number of aliphatic imine (C=N–C) groups is 1. The zero-order valence-electron chi connectivity index (χ0n) is 13.9. The third kappa shape index (κ3) is 4.09. The highest BCUT2D eigenvalue weighted by molar-refractivity contribution is 6.31. The van der Waals surface area contributed by atoms with E-state index in [1.54, 1.807) is 0 Å². The van der Waals surface area contributed by atoms with Gasteiger partial charge in [-0.15, -0.1) is 0 Å². The van der Waals surface area contributed by atoms with Crippen LogP contribution in [0.4, 0.5) is 18.9 Å². The van der Waals surface area contributed by atoms with Crippen LogP contribution in [0.2, 0.25) is 0 Å². The Bertz CT molecular complexity index is 909. The van der Waals surface area contributed by atoms with E-state index in [9.17, 15) is 13.2 Å². The van der Waals surface area contributed by atoms with Crippen molar-refractivity contribution in [2.45, 2.75) is 6.18 Å². The van der Waals surface area contributed by atoms with Crippen molar-refractivity contribution >= 4 is 17.0 Å². The Balaban J connectivity index is 2.06. The van der Waals surface area contributed by atoms with E-state index in [-0.39, 0.29) is 0 Å². The third-order valence-corrected chi connectivity index (χ3v) is 3.89. The molecule has 0 saturated carbocycles. The molecule has 0 aliphatic rings. The minimum Gasteiger partial charge on any atom is -0.248 e. The van der Waals surface area contributed by atoms with Crippen LogP contribution >= 0.6 is 0 Å².